The molecule has 1 aromatic heterocycles. The Hall–Kier alpha value is -1.73. The van der Waals surface area contributed by atoms with Gasteiger partial charge in [-0.25, -0.2) is 22.4 Å². The normalized spacial score (nSPS) is 18.8. The van der Waals surface area contributed by atoms with Crippen molar-refractivity contribution >= 4 is 10.0 Å². The van der Waals surface area contributed by atoms with Crippen molar-refractivity contribution in [3.63, 3.8) is 0 Å². The van der Waals surface area contributed by atoms with E-state index in [-0.39, 0.29) is 17.7 Å². The standard InChI is InChI=1S/C16H22N4O2S/c1-14(15-5-3-2-4-6-15)11-23(21,22)19-9-7-16(8-10-19)20-13-17-12-18-20/h2-6,12-14,16H,7-11H2,1H3/t14-/m1/s1. The summed E-state index contributed by atoms with van der Waals surface area (Å²) in [5.74, 6) is 0.152. The Bertz CT molecular complexity index is 708. The predicted molar refractivity (Wildman–Crippen MR) is 88.5 cm³/mol. The lowest BCUT2D eigenvalue weighted by Crippen LogP contribution is -2.41. The summed E-state index contributed by atoms with van der Waals surface area (Å²) in [6, 6.07) is 10.0. The van der Waals surface area contributed by atoms with Crippen molar-refractivity contribution in [2.75, 3.05) is 18.8 Å². The van der Waals surface area contributed by atoms with Gasteiger partial charge < -0.3 is 0 Å². The summed E-state index contributed by atoms with van der Waals surface area (Å²) in [7, 11) is -3.23. The highest BCUT2D eigenvalue weighted by molar-refractivity contribution is 7.89. The van der Waals surface area contributed by atoms with Crippen LogP contribution in [0.1, 0.15) is 37.3 Å². The van der Waals surface area contributed by atoms with Crippen LogP contribution in [0.3, 0.4) is 0 Å². The van der Waals surface area contributed by atoms with E-state index in [0.29, 0.717) is 13.1 Å². The van der Waals surface area contributed by atoms with Gasteiger partial charge in [-0.15, -0.1) is 0 Å². The summed E-state index contributed by atoms with van der Waals surface area (Å²) in [4.78, 5) is 3.96. The number of nitrogens with zero attached hydrogens (tertiary/aromatic N) is 4. The van der Waals surface area contributed by atoms with Gasteiger partial charge in [-0.3, -0.25) is 0 Å². The van der Waals surface area contributed by atoms with Crippen molar-refractivity contribution in [2.24, 2.45) is 0 Å². The van der Waals surface area contributed by atoms with Gasteiger partial charge in [0, 0.05) is 13.1 Å². The first-order chi connectivity index (χ1) is 11.1. The maximum absolute atomic E-state index is 12.7. The molecule has 1 aliphatic rings. The van der Waals surface area contributed by atoms with Gasteiger partial charge in [0.25, 0.3) is 0 Å². The molecule has 2 aromatic rings. The van der Waals surface area contributed by atoms with Crippen molar-refractivity contribution < 1.29 is 8.42 Å². The molecule has 6 nitrogen and oxygen atoms in total. The zero-order valence-corrected chi connectivity index (χ0v) is 14.1. The fraction of sp³-hybridized carbons (Fsp3) is 0.500. The molecule has 0 N–H and O–H groups in total. The third-order valence-electron chi connectivity index (χ3n) is 4.46. The van der Waals surface area contributed by atoms with Crippen LogP contribution in [0.2, 0.25) is 0 Å². The minimum Gasteiger partial charge on any atom is -0.250 e. The fourth-order valence-electron chi connectivity index (χ4n) is 3.09. The van der Waals surface area contributed by atoms with E-state index in [9.17, 15) is 8.42 Å². The maximum atomic E-state index is 12.7. The van der Waals surface area contributed by atoms with E-state index in [2.05, 4.69) is 10.1 Å². The minimum atomic E-state index is -3.23. The molecule has 0 amide bonds. The zero-order valence-electron chi connectivity index (χ0n) is 13.2. The van der Waals surface area contributed by atoms with Crippen LogP contribution in [0.4, 0.5) is 0 Å². The summed E-state index contributed by atoms with van der Waals surface area (Å²) >= 11 is 0. The second-order valence-corrected chi connectivity index (χ2v) is 8.11. The van der Waals surface area contributed by atoms with Crippen LogP contribution >= 0.6 is 0 Å². The molecule has 0 radical (unpaired) electrons. The van der Waals surface area contributed by atoms with Crippen LogP contribution < -0.4 is 0 Å². The number of hydrogen-bond acceptors (Lipinski definition) is 4. The summed E-state index contributed by atoms with van der Waals surface area (Å²) in [6.07, 6.45) is 4.78. The Labute approximate surface area is 137 Å². The molecule has 1 aliphatic heterocycles. The van der Waals surface area contributed by atoms with E-state index in [4.69, 9.17) is 0 Å². The second kappa shape index (κ2) is 6.80. The average molecular weight is 334 g/mol. The molecule has 1 atom stereocenters. The van der Waals surface area contributed by atoms with Gasteiger partial charge in [0.05, 0.1) is 11.8 Å². The second-order valence-electron chi connectivity index (χ2n) is 6.10. The Balaban J connectivity index is 1.60. The molecule has 7 heteroatoms. The van der Waals surface area contributed by atoms with Crippen molar-refractivity contribution in [1.82, 2.24) is 19.1 Å². The zero-order chi connectivity index (χ0) is 16.3. The molecule has 0 saturated carbocycles. The molecule has 0 unspecified atom stereocenters. The van der Waals surface area contributed by atoms with Crippen LogP contribution in [-0.2, 0) is 10.0 Å². The molecule has 124 valence electrons. The van der Waals surface area contributed by atoms with E-state index in [1.165, 1.54) is 6.33 Å². The van der Waals surface area contributed by atoms with Crippen LogP contribution in [0.25, 0.3) is 0 Å². The van der Waals surface area contributed by atoms with Gasteiger partial charge in [0.15, 0.2) is 0 Å². The van der Waals surface area contributed by atoms with E-state index in [1.54, 1.807) is 10.6 Å². The van der Waals surface area contributed by atoms with Gasteiger partial charge in [-0.2, -0.15) is 5.10 Å². The molecular formula is C16H22N4O2S. The first-order valence-corrected chi connectivity index (χ1v) is 9.54. The molecule has 1 fully saturated rings. The van der Waals surface area contributed by atoms with Crippen LogP contribution in [0.5, 0.6) is 0 Å². The van der Waals surface area contributed by atoms with E-state index < -0.39 is 10.0 Å². The molecule has 3 rings (SSSR count). The number of benzene rings is 1. The van der Waals surface area contributed by atoms with Crippen LogP contribution in [-0.4, -0.2) is 46.3 Å². The maximum Gasteiger partial charge on any atom is 0.214 e. The van der Waals surface area contributed by atoms with E-state index in [0.717, 1.165) is 18.4 Å². The molecular weight excluding hydrogens is 312 g/mol. The van der Waals surface area contributed by atoms with Crippen LogP contribution in [0.15, 0.2) is 43.0 Å². The lowest BCUT2D eigenvalue weighted by Gasteiger charge is -2.31. The monoisotopic (exact) mass is 334 g/mol. The van der Waals surface area contributed by atoms with Crippen LogP contribution in [0, 0.1) is 0 Å². The number of sulfonamides is 1. The Morgan fingerprint density at radius 3 is 2.52 bits per heavy atom. The van der Waals surface area contributed by atoms with Crippen molar-refractivity contribution in [1.29, 1.82) is 0 Å². The lowest BCUT2D eigenvalue weighted by molar-refractivity contribution is 0.260. The average Bonchev–Trinajstić information content (AvgIpc) is 3.10. The molecule has 1 aromatic carbocycles. The number of hydrogen-bond donors (Lipinski definition) is 0. The number of rotatable bonds is 5. The van der Waals surface area contributed by atoms with Gasteiger partial charge >= 0.3 is 0 Å². The highest BCUT2D eigenvalue weighted by Gasteiger charge is 2.30. The third kappa shape index (κ3) is 3.79. The largest absolute Gasteiger partial charge is 0.250 e. The highest BCUT2D eigenvalue weighted by atomic mass is 32.2. The Kier molecular flexibility index (Phi) is 4.77. The van der Waals surface area contributed by atoms with Gasteiger partial charge in [0.2, 0.25) is 10.0 Å². The first kappa shape index (κ1) is 16.1. The quantitative estimate of drug-likeness (QED) is 0.839. The summed E-state index contributed by atoms with van der Waals surface area (Å²) in [5, 5.41) is 4.15. The summed E-state index contributed by atoms with van der Waals surface area (Å²) < 4.78 is 28.8. The molecule has 2 heterocycles. The Morgan fingerprint density at radius 2 is 1.91 bits per heavy atom. The SMILES string of the molecule is C[C@H](CS(=O)(=O)N1CCC(n2cncn2)CC1)c1ccccc1. The number of aromatic nitrogens is 3. The van der Waals surface area contributed by atoms with E-state index >= 15 is 0 Å². The third-order valence-corrected chi connectivity index (χ3v) is 6.53. The molecule has 0 aliphatic carbocycles. The first-order valence-electron chi connectivity index (χ1n) is 7.93. The Morgan fingerprint density at radius 1 is 1.22 bits per heavy atom. The van der Waals surface area contributed by atoms with Gasteiger partial charge in [-0.1, -0.05) is 37.3 Å². The summed E-state index contributed by atoms with van der Waals surface area (Å²) in [5.41, 5.74) is 1.06. The van der Waals surface area contributed by atoms with Crippen molar-refractivity contribution in [2.45, 2.75) is 31.7 Å². The van der Waals surface area contributed by atoms with Crippen molar-refractivity contribution in [3.05, 3.63) is 48.5 Å². The smallest absolute Gasteiger partial charge is 0.214 e. The molecule has 0 bridgehead atoms. The fourth-order valence-corrected chi connectivity index (χ4v) is 4.89. The van der Waals surface area contributed by atoms with Gasteiger partial charge in [0.1, 0.15) is 12.7 Å². The van der Waals surface area contributed by atoms with Crippen molar-refractivity contribution in [3.8, 4) is 0 Å². The lowest BCUT2D eigenvalue weighted by atomic mass is 10.0. The molecule has 23 heavy (non-hydrogen) atoms. The van der Waals surface area contributed by atoms with Gasteiger partial charge in [-0.05, 0) is 24.3 Å². The van der Waals surface area contributed by atoms with E-state index in [1.807, 2.05) is 41.9 Å². The minimum absolute atomic E-state index is 0.00533. The summed E-state index contributed by atoms with van der Waals surface area (Å²) in [6.45, 7) is 3.07. The highest BCUT2D eigenvalue weighted by Crippen LogP contribution is 2.25. The number of piperidine rings is 1. The topological polar surface area (TPSA) is 68.1 Å². The molecule has 0 spiro atoms. The molecule has 1 saturated heterocycles. The predicted octanol–water partition coefficient (Wildman–Crippen LogP) is 2.05.